The van der Waals surface area contributed by atoms with Gasteiger partial charge in [-0.25, -0.2) is 0 Å². The molecule has 2 aromatic rings. The van der Waals surface area contributed by atoms with Gasteiger partial charge in [0.15, 0.2) is 0 Å². The highest BCUT2D eigenvalue weighted by Gasteiger charge is 2.31. The van der Waals surface area contributed by atoms with Gasteiger partial charge in [0, 0.05) is 25.7 Å². The largest absolute Gasteiger partial charge is 0.490 e. The molecule has 2 aromatic carbocycles. The second kappa shape index (κ2) is 11.6. The monoisotopic (exact) mass is 490 g/mol. The van der Waals surface area contributed by atoms with Gasteiger partial charge in [-0.15, -0.1) is 0 Å². The first kappa shape index (κ1) is 24.3. The number of halogens is 2. The van der Waals surface area contributed by atoms with E-state index in [1.54, 1.807) is 12.1 Å². The van der Waals surface area contributed by atoms with Crippen molar-refractivity contribution in [3.63, 3.8) is 0 Å². The smallest absolute Gasteiger partial charge is 0.321 e. The summed E-state index contributed by atoms with van der Waals surface area (Å²) in [5.41, 5.74) is 1.08. The molecule has 0 spiro atoms. The molecule has 178 valence electrons. The Balaban J connectivity index is 1.20. The zero-order chi connectivity index (χ0) is 23.2. The van der Waals surface area contributed by atoms with Crippen LogP contribution in [0.25, 0.3) is 0 Å². The van der Waals surface area contributed by atoms with Crippen molar-refractivity contribution in [2.45, 2.75) is 44.2 Å². The zero-order valence-electron chi connectivity index (χ0n) is 18.8. The van der Waals surface area contributed by atoms with Gasteiger partial charge in [-0.1, -0.05) is 53.5 Å². The fourth-order valence-electron chi connectivity index (χ4n) is 4.97. The molecule has 0 radical (unpaired) electrons. The number of hydrogen-bond acceptors (Lipinski definition) is 4. The first-order valence-corrected chi connectivity index (χ1v) is 12.6. The molecule has 2 aliphatic rings. The van der Waals surface area contributed by atoms with Crippen LogP contribution in [0.5, 0.6) is 5.75 Å². The van der Waals surface area contributed by atoms with Gasteiger partial charge < -0.3 is 14.7 Å². The van der Waals surface area contributed by atoms with E-state index in [-0.39, 0.29) is 6.10 Å². The number of hydrogen-bond donors (Lipinski definition) is 1. The molecule has 2 saturated heterocycles. The number of nitrogens with zero attached hydrogens (tertiary/aromatic N) is 2. The summed E-state index contributed by atoms with van der Waals surface area (Å²) in [4.78, 5) is 16.6. The quantitative estimate of drug-likeness (QED) is 0.547. The number of piperidine rings is 2. The van der Waals surface area contributed by atoms with Crippen molar-refractivity contribution >= 4 is 29.2 Å². The number of ether oxygens (including phenoxy) is 1. The maximum atomic E-state index is 11.9. The molecule has 33 heavy (non-hydrogen) atoms. The summed E-state index contributed by atoms with van der Waals surface area (Å²) in [6, 6.07) is 14.9. The van der Waals surface area contributed by atoms with E-state index in [1.165, 1.54) is 0 Å². The van der Waals surface area contributed by atoms with Crippen molar-refractivity contribution in [1.29, 1.82) is 0 Å². The molecule has 2 fully saturated rings. The van der Waals surface area contributed by atoms with E-state index in [4.69, 9.17) is 27.9 Å². The summed E-state index contributed by atoms with van der Waals surface area (Å²) in [5.74, 6) is 0.681. The van der Waals surface area contributed by atoms with Crippen molar-refractivity contribution in [2.24, 2.45) is 5.92 Å². The van der Waals surface area contributed by atoms with Gasteiger partial charge in [-0.3, -0.25) is 9.69 Å². The highest BCUT2D eigenvalue weighted by Crippen LogP contribution is 2.29. The fourth-order valence-corrected chi connectivity index (χ4v) is 5.26. The molecule has 1 atom stereocenters. The van der Waals surface area contributed by atoms with Crippen molar-refractivity contribution in [1.82, 2.24) is 9.80 Å². The third-order valence-corrected chi connectivity index (χ3v) is 7.63. The average molecular weight is 491 g/mol. The van der Waals surface area contributed by atoms with E-state index in [0.717, 1.165) is 69.7 Å². The summed E-state index contributed by atoms with van der Waals surface area (Å²) >= 11 is 12.1. The van der Waals surface area contributed by atoms with Crippen molar-refractivity contribution in [3.05, 3.63) is 64.1 Å². The van der Waals surface area contributed by atoms with Gasteiger partial charge in [-0.2, -0.15) is 0 Å². The number of carboxylic acids is 1. The summed E-state index contributed by atoms with van der Waals surface area (Å²) in [7, 11) is 0. The normalized spacial score (nSPS) is 19.9. The molecule has 7 heteroatoms. The topological polar surface area (TPSA) is 53.0 Å². The van der Waals surface area contributed by atoms with Crippen LogP contribution in [0.15, 0.2) is 48.5 Å². The first-order valence-electron chi connectivity index (χ1n) is 11.8. The van der Waals surface area contributed by atoms with E-state index in [2.05, 4.69) is 9.80 Å². The molecule has 4 rings (SSSR count). The maximum absolute atomic E-state index is 11.9. The highest BCUT2D eigenvalue weighted by atomic mass is 35.5. The van der Waals surface area contributed by atoms with E-state index in [0.29, 0.717) is 22.4 Å². The van der Waals surface area contributed by atoms with Gasteiger partial charge in [0.1, 0.15) is 17.9 Å². The summed E-state index contributed by atoms with van der Waals surface area (Å²) < 4.78 is 6.11. The van der Waals surface area contributed by atoms with Crippen molar-refractivity contribution in [3.8, 4) is 5.75 Å². The molecule has 5 nitrogen and oxygen atoms in total. The molecule has 2 aliphatic heterocycles. The molecular formula is C26H32Cl2N2O3. The fraction of sp³-hybridized carbons (Fsp3) is 0.500. The lowest BCUT2D eigenvalue weighted by Crippen LogP contribution is -2.48. The summed E-state index contributed by atoms with van der Waals surface area (Å²) in [6.45, 7) is 4.84. The number of likely N-dealkylation sites (tertiary alicyclic amines) is 2. The third kappa shape index (κ3) is 6.86. The number of rotatable bonds is 8. The van der Waals surface area contributed by atoms with Gasteiger partial charge in [0.2, 0.25) is 0 Å². The van der Waals surface area contributed by atoms with Gasteiger partial charge >= 0.3 is 5.97 Å². The molecule has 0 aromatic heterocycles. The SMILES string of the molecule is O=C(O)[C@@H](Cc1ccccc1)N1CCC(CN2CCC(Oc3ccc(Cl)c(Cl)c3)CC2)CC1. The first-order chi connectivity index (χ1) is 16.0. The Morgan fingerprint density at radius 1 is 0.970 bits per heavy atom. The van der Waals surface area contributed by atoms with Crippen molar-refractivity contribution in [2.75, 3.05) is 32.7 Å². The van der Waals surface area contributed by atoms with Crippen LogP contribution in [0.1, 0.15) is 31.2 Å². The van der Waals surface area contributed by atoms with Crippen molar-refractivity contribution < 1.29 is 14.6 Å². The van der Waals surface area contributed by atoms with Crippen LogP contribution in [-0.4, -0.2) is 65.7 Å². The molecule has 0 unspecified atom stereocenters. The van der Waals surface area contributed by atoms with Gasteiger partial charge in [0.25, 0.3) is 0 Å². The average Bonchev–Trinajstić information content (AvgIpc) is 2.82. The summed E-state index contributed by atoms with van der Waals surface area (Å²) in [5, 5.41) is 10.9. The zero-order valence-corrected chi connectivity index (χ0v) is 20.3. The van der Waals surface area contributed by atoms with E-state index >= 15 is 0 Å². The molecular weight excluding hydrogens is 459 g/mol. The lowest BCUT2D eigenvalue weighted by atomic mass is 9.93. The summed E-state index contributed by atoms with van der Waals surface area (Å²) in [6.07, 6.45) is 4.87. The standard InChI is InChI=1S/C26H32Cl2N2O3/c27-23-7-6-22(17-24(23)28)33-21-10-12-29(13-11-21)18-20-8-14-30(15-9-20)25(26(31)32)16-19-4-2-1-3-5-19/h1-7,17,20-21,25H,8-16,18H2,(H,31,32)/t25-/m1/s1. The van der Waals surface area contributed by atoms with Gasteiger partial charge in [0.05, 0.1) is 10.0 Å². The molecule has 2 heterocycles. The number of carboxylic acid groups (broad SMARTS) is 1. The van der Waals surface area contributed by atoms with E-state index < -0.39 is 12.0 Å². The lowest BCUT2D eigenvalue weighted by Gasteiger charge is -2.39. The van der Waals surface area contributed by atoms with Crippen LogP contribution in [-0.2, 0) is 11.2 Å². The minimum Gasteiger partial charge on any atom is -0.490 e. The minimum absolute atomic E-state index is 0.203. The van der Waals surface area contributed by atoms with Crippen LogP contribution in [0.3, 0.4) is 0 Å². The second-order valence-electron chi connectivity index (χ2n) is 9.22. The maximum Gasteiger partial charge on any atom is 0.321 e. The molecule has 0 saturated carbocycles. The third-order valence-electron chi connectivity index (χ3n) is 6.89. The highest BCUT2D eigenvalue weighted by molar-refractivity contribution is 6.42. The van der Waals surface area contributed by atoms with Crippen LogP contribution < -0.4 is 4.74 Å². The minimum atomic E-state index is -0.721. The molecule has 1 N–H and O–H groups in total. The second-order valence-corrected chi connectivity index (χ2v) is 10.0. The molecule has 0 aliphatic carbocycles. The Hall–Kier alpha value is -1.79. The molecule has 0 bridgehead atoms. The molecule has 0 amide bonds. The van der Waals surface area contributed by atoms with E-state index in [9.17, 15) is 9.90 Å². The van der Waals surface area contributed by atoms with Crippen LogP contribution in [0.4, 0.5) is 0 Å². The number of aliphatic carboxylic acids is 1. The number of benzene rings is 2. The van der Waals surface area contributed by atoms with Crippen LogP contribution >= 0.6 is 23.2 Å². The predicted octanol–water partition coefficient (Wildman–Crippen LogP) is 5.24. The Morgan fingerprint density at radius 3 is 2.30 bits per heavy atom. The Kier molecular flexibility index (Phi) is 8.53. The lowest BCUT2D eigenvalue weighted by molar-refractivity contribution is -0.144. The van der Waals surface area contributed by atoms with E-state index in [1.807, 2.05) is 36.4 Å². The number of carbonyl (C=O) groups is 1. The van der Waals surface area contributed by atoms with Crippen LogP contribution in [0, 0.1) is 5.92 Å². The predicted molar refractivity (Wildman–Crippen MR) is 132 cm³/mol. The van der Waals surface area contributed by atoms with Crippen LogP contribution in [0.2, 0.25) is 10.0 Å². The van der Waals surface area contributed by atoms with Gasteiger partial charge in [-0.05, 0) is 68.8 Å². The Bertz CT molecular complexity index is 911. The Morgan fingerprint density at radius 2 is 1.67 bits per heavy atom. The Labute approximate surface area is 206 Å².